The Kier molecular flexibility index (Phi) is 4.71. The number of rotatable bonds is 5. The molecular weight excluding hydrogens is 340 g/mol. The lowest BCUT2D eigenvalue weighted by atomic mass is 10.2. The van der Waals surface area contributed by atoms with Gasteiger partial charge in [-0.1, -0.05) is 30.0 Å². The second-order valence-electron chi connectivity index (χ2n) is 5.59. The Bertz CT molecular complexity index is 954. The van der Waals surface area contributed by atoms with Gasteiger partial charge in [-0.2, -0.15) is 0 Å². The quantitative estimate of drug-likeness (QED) is 0.410. The van der Waals surface area contributed by atoms with Crippen molar-refractivity contribution in [2.24, 2.45) is 0 Å². The molecule has 0 unspecified atom stereocenters. The van der Waals surface area contributed by atoms with Crippen molar-refractivity contribution in [2.75, 3.05) is 5.32 Å². The molecule has 1 amide bonds. The Hall–Kier alpha value is -2.87. The monoisotopic (exact) mass is 356 g/mol. The molecular formula is C17H16N4O3S. The zero-order chi connectivity index (χ0) is 18.0. The van der Waals surface area contributed by atoms with Gasteiger partial charge in [0.1, 0.15) is 5.69 Å². The second-order valence-corrected chi connectivity index (χ2v) is 6.92. The van der Waals surface area contributed by atoms with Gasteiger partial charge in [0.25, 0.3) is 5.69 Å². The maximum Gasteiger partial charge on any atom is 0.292 e. The number of imidazole rings is 1. The number of nitrogens with one attached hydrogen (secondary N) is 2. The van der Waals surface area contributed by atoms with Crippen LogP contribution in [0.2, 0.25) is 0 Å². The molecule has 128 valence electrons. The molecule has 7 nitrogen and oxygen atoms in total. The third-order valence-electron chi connectivity index (χ3n) is 3.63. The van der Waals surface area contributed by atoms with Crippen molar-refractivity contribution in [1.82, 2.24) is 9.97 Å². The molecule has 3 aromatic rings. The fourth-order valence-corrected chi connectivity index (χ4v) is 3.17. The van der Waals surface area contributed by atoms with E-state index in [0.717, 1.165) is 16.6 Å². The van der Waals surface area contributed by atoms with E-state index in [1.807, 2.05) is 25.1 Å². The van der Waals surface area contributed by atoms with E-state index in [-0.39, 0.29) is 17.3 Å². The molecule has 1 heterocycles. The van der Waals surface area contributed by atoms with Gasteiger partial charge in [0.2, 0.25) is 5.91 Å². The SMILES string of the molecule is Cc1ccc2nc(S[C@H](C)C(=O)Nc3ccccc3[N+](=O)[O-])[nH]c2c1. The Balaban J connectivity index is 1.73. The van der Waals surface area contributed by atoms with Crippen LogP contribution in [0.5, 0.6) is 0 Å². The first kappa shape index (κ1) is 17.0. The number of H-pyrrole nitrogens is 1. The van der Waals surface area contributed by atoms with Crippen molar-refractivity contribution in [1.29, 1.82) is 0 Å². The van der Waals surface area contributed by atoms with Crippen molar-refractivity contribution >= 4 is 40.1 Å². The predicted molar refractivity (Wildman–Crippen MR) is 97.9 cm³/mol. The summed E-state index contributed by atoms with van der Waals surface area (Å²) in [5.74, 6) is -0.323. The van der Waals surface area contributed by atoms with Crippen molar-refractivity contribution < 1.29 is 9.72 Å². The first-order valence-electron chi connectivity index (χ1n) is 7.61. The minimum atomic E-state index is -0.519. The number of nitro groups is 1. The molecule has 0 aliphatic rings. The highest BCUT2D eigenvalue weighted by Gasteiger charge is 2.20. The Morgan fingerprint density at radius 2 is 2.08 bits per heavy atom. The second kappa shape index (κ2) is 6.94. The largest absolute Gasteiger partial charge is 0.333 e. The van der Waals surface area contributed by atoms with E-state index in [0.29, 0.717) is 5.16 Å². The van der Waals surface area contributed by atoms with Gasteiger partial charge < -0.3 is 10.3 Å². The van der Waals surface area contributed by atoms with Gasteiger partial charge in [-0.15, -0.1) is 0 Å². The molecule has 0 spiro atoms. The predicted octanol–water partition coefficient (Wildman–Crippen LogP) is 3.90. The van der Waals surface area contributed by atoms with Crippen LogP contribution in [0.15, 0.2) is 47.6 Å². The van der Waals surface area contributed by atoms with E-state index in [9.17, 15) is 14.9 Å². The maximum atomic E-state index is 12.4. The van der Waals surface area contributed by atoms with Gasteiger partial charge in [0.15, 0.2) is 5.16 Å². The summed E-state index contributed by atoms with van der Waals surface area (Å²) in [6.45, 7) is 3.73. The number of para-hydroxylation sites is 2. The van der Waals surface area contributed by atoms with Gasteiger partial charge in [0, 0.05) is 6.07 Å². The van der Waals surface area contributed by atoms with Gasteiger partial charge >= 0.3 is 0 Å². The summed E-state index contributed by atoms with van der Waals surface area (Å²) in [6, 6.07) is 12.0. The highest BCUT2D eigenvalue weighted by molar-refractivity contribution is 8.00. The molecule has 0 aliphatic carbocycles. The number of fused-ring (bicyclic) bond motifs is 1. The molecule has 3 rings (SSSR count). The lowest BCUT2D eigenvalue weighted by Gasteiger charge is -2.10. The Labute approximate surface area is 148 Å². The van der Waals surface area contributed by atoms with Crippen LogP contribution in [-0.4, -0.2) is 26.0 Å². The number of carbonyl (C=O) groups excluding carboxylic acids is 1. The van der Waals surface area contributed by atoms with Gasteiger partial charge in [-0.25, -0.2) is 4.98 Å². The van der Waals surface area contributed by atoms with E-state index in [2.05, 4.69) is 15.3 Å². The molecule has 0 radical (unpaired) electrons. The molecule has 1 atom stereocenters. The highest BCUT2D eigenvalue weighted by Crippen LogP contribution is 2.27. The van der Waals surface area contributed by atoms with Crippen LogP contribution in [0.3, 0.4) is 0 Å². The van der Waals surface area contributed by atoms with Gasteiger partial charge in [-0.05, 0) is 37.6 Å². The number of anilines is 1. The zero-order valence-electron chi connectivity index (χ0n) is 13.6. The molecule has 0 saturated heterocycles. The number of hydrogen-bond donors (Lipinski definition) is 2. The van der Waals surface area contributed by atoms with E-state index >= 15 is 0 Å². The number of hydrogen-bond acceptors (Lipinski definition) is 5. The zero-order valence-corrected chi connectivity index (χ0v) is 14.5. The van der Waals surface area contributed by atoms with Crippen molar-refractivity contribution in [2.45, 2.75) is 24.3 Å². The third-order valence-corrected chi connectivity index (χ3v) is 4.62. The van der Waals surface area contributed by atoms with Crippen LogP contribution >= 0.6 is 11.8 Å². The van der Waals surface area contributed by atoms with Crippen LogP contribution in [-0.2, 0) is 4.79 Å². The number of nitrogens with zero attached hydrogens (tertiary/aromatic N) is 2. The molecule has 0 fully saturated rings. The van der Waals surface area contributed by atoms with Crippen molar-refractivity contribution in [3.63, 3.8) is 0 Å². The average Bonchev–Trinajstić information content (AvgIpc) is 2.96. The van der Waals surface area contributed by atoms with E-state index in [4.69, 9.17) is 0 Å². The number of aromatic nitrogens is 2. The number of thioether (sulfide) groups is 1. The van der Waals surface area contributed by atoms with Crippen molar-refractivity contribution in [3.8, 4) is 0 Å². The van der Waals surface area contributed by atoms with E-state index in [1.54, 1.807) is 19.1 Å². The number of aryl methyl sites for hydroxylation is 1. The molecule has 0 saturated carbocycles. The van der Waals surface area contributed by atoms with E-state index in [1.165, 1.54) is 23.9 Å². The lowest BCUT2D eigenvalue weighted by molar-refractivity contribution is -0.383. The molecule has 0 bridgehead atoms. The standard InChI is InChI=1S/C17H16N4O3S/c1-10-7-8-12-14(9-10)20-17(19-12)25-11(2)16(22)18-13-5-3-4-6-15(13)21(23)24/h3-9,11H,1-2H3,(H,18,22)(H,19,20)/t11-/m1/s1. The Morgan fingerprint density at radius 1 is 1.32 bits per heavy atom. The van der Waals surface area contributed by atoms with Crippen LogP contribution in [0, 0.1) is 17.0 Å². The minimum Gasteiger partial charge on any atom is -0.333 e. The summed E-state index contributed by atoms with van der Waals surface area (Å²) in [5, 5.41) is 13.8. The Morgan fingerprint density at radius 3 is 2.84 bits per heavy atom. The summed E-state index contributed by atoms with van der Waals surface area (Å²) < 4.78 is 0. The molecule has 0 aliphatic heterocycles. The maximum absolute atomic E-state index is 12.4. The molecule has 2 aromatic carbocycles. The van der Waals surface area contributed by atoms with Crippen LogP contribution in [0.4, 0.5) is 11.4 Å². The normalized spacial score (nSPS) is 12.1. The number of aromatic amines is 1. The molecule has 1 aromatic heterocycles. The number of nitro benzene ring substituents is 1. The minimum absolute atomic E-state index is 0.132. The summed E-state index contributed by atoms with van der Waals surface area (Å²) in [7, 11) is 0. The van der Waals surface area contributed by atoms with Crippen molar-refractivity contribution in [3.05, 3.63) is 58.1 Å². The first-order chi connectivity index (χ1) is 11.9. The van der Waals surface area contributed by atoms with Crippen LogP contribution < -0.4 is 5.32 Å². The summed E-state index contributed by atoms with van der Waals surface area (Å²) in [4.78, 5) is 30.5. The first-order valence-corrected chi connectivity index (χ1v) is 8.49. The fraction of sp³-hybridized carbons (Fsp3) is 0.176. The lowest BCUT2D eigenvalue weighted by Crippen LogP contribution is -2.23. The van der Waals surface area contributed by atoms with Gasteiger partial charge in [0.05, 0.1) is 21.2 Å². The fourth-order valence-electron chi connectivity index (χ4n) is 2.35. The molecule has 2 N–H and O–H groups in total. The van der Waals surface area contributed by atoms with Gasteiger partial charge in [-0.3, -0.25) is 14.9 Å². The summed E-state index contributed by atoms with van der Waals surface area (Å²) >= 11 is 1.27. The average molecular weight is 356 g/mol. The summed E-state index contributed by atoms with van der Waals surface area (Å²) in [6.07, 6.45) is 0. The van der Waals surface area contributed by atoms with Crippen LogP contribution in [0.25, 0.3) is 11.0 Å². The highest BCUT2D eigenvalue weighted by atomic mass is 32.2. The molecule has 8 heteroatoms. The third kappa shape index (κ3) is 3.80. The molecule has 25 heavy (non-hydrogen) atoms. The number of benzene rings is 2. The number of amides is 1. The van der Waals surface area contributed by atoms with Crippen LogP contribution in [0.1, 0.15) is 12.5 Å². The summed E-state index contributed by atoms with van der Waals surface area (Å²) in [5.41, 5.74) is 2.92. The van der Waals surface area contributed by atoms with E-state index < -0.39 is 10.2 Å². The smallest absolute Gasteiger partial charge is 0.292 e. The topological polar surface area (TPSA) is 101 Å². The number of carbonyl (C=O) groups is 1.